The molecular formula is C26H36N2O4. The van der Waals surface area contributed by atoms with Crippen LogP contribution in [0.2, 0.25) is 0 Å². The van der Waals surface area contributed by atoms with E-state index in [9.17, 15) is 9.90 Å². The Balaban J connectivity index is 1.44. The monoisotopic (exact) mass is 440 g/mol. The molecule has 1 aromatic carbocycles. The summed E-state index contributed by atoms with van der Waals surface area (Å²) in [6.45, 7) is 3.56. The Labute approximate surface area is 190 Å². The van der Waals surface area contributed by atoms with E-state index in [1.54, 1.807) is 6.26 Å². The first-order valence-electron chi connectivity index (χ1n) is 12.2. The maximum Gasteiger partial charge on any atom is 0.343 e. The third kappa shape index (κ3) is 5.59. The van der Waals surface area contributed by atoms with Crippen molar-refractivity contribution in [1.82, 2.24) is 10.1 Å². The van der Waals surface area contributed by atoms with E-state index in [1.165, 1.54) is 12.8 Å². The molecule has 0 bridgehead atoms. The fourth-order valence-electron chi connectivity index (χ4n) is 5.29. The molecular weight excluding hydrogens is 404 g/mol. The first kappa shape index (κ1) is 23.0. The maximum atomic E-state index is 13.4. The highest BCUT2D eigenvalue weighted by Crippen LogP contribution is 2.40. The largest absolute Gasteiger partial charge is 0.463 e. The van der Waals surface area contributed by atoms with Crippen molar-refractivity contribution in [3.8, 4) is 0 Å². The Morgan fingerprint density at radius 3 is 2.56 bits per heavy atom. The summed E-state index contributed by atoms with van der Waals surface area (Å²) in [4.78, 5) is 15.9. The van der Waals surface area contributed by atoms with Gasteiger partial charge >= 0.3 is 5.97 Å². The first-order valence-corrected chi connectivity index (χ1v) is 12.2. The summed E-state index contributed by atoms with van der Waals surface area (Å²) in [6.07, 6.45) is 10.6. The van der Waals surface area contributed by atoms with Crippen molar-refractivity contribution in [3.63, 3.8) is 0 Å². The number of hydrogen-bond acceptors (Lipinski definition) is 6. The molecule has 32 heavy (non-hydrogen) atoms. The van der Waals surface area contributed by atoms with E-state index in [4.69, 9.17) is 9.26 Å². The highest BCUT2D eigenvalue weighted by atomic mass is 16.5. The van der Waals surface area contributed by atoms with Crippen molar-refractivity contribution in [2.45, 2.75) is 63.4 Å². The van der Waals surface area contributed by atoms with Crippen molar-refractivity contribution in [2.24, 2.45) is 11.8 Å². The van der Waals surface area contributed by atoms with E-state index in [1.807, 2.05) is 36.4 Å². The quantitative estimate of drug-likeness (QED) is 0.554. The van der Waals surface area contributed by atoms with E-state index in [-0.39, 0.29) is 18.4 Å². The Kier molecular flexibility index (Phi) is 7.98. The van der Waals surface area contributed by atoms with Crippen LogP contribution in [0.15, 0.2) is 47.2 Å². The Bertz CT molecular complexity index is 814. The molecule has 4 rings (SSSR count). The molecule has 1 N–H and O–H groups in total. The number of ether oxygens (including phenoxy) is 1. The smallest absolute Gasteiger partial charge is 0.343 e. The van der Waals surface area contributed by atoms with Gasteiger partial charge in [-0.05, 0) is 69.6 Å². The van der Waals surface area contributed by atoms with Gasteiger partial charge in [-0.1, -0.05) is 54.8 Å². The van der Waals surface area contributed by atoms with Gasteiger partial charge in [-0.25, -0.2) is 4.79 Å². The molecule has 2 heterocycles. The van der Waals surface area contributed by atoms with Gasteiger partial charge in [0.1, 0.15) is 6.26 Å². The van der Waals surface area contributed by atoms with Crippen LogP contribution in [0.4, 0.5) is 0 Å². The predicted octanol–water partition coefficient (Wildman–Crippen LogP) is 4.33. The van der Waals surface area contributed by atoms with Crippen molar-refractivity contribution < 1.29 is 19.2 Å². The fraction of sp³-hybridized carbons (Fsp3) is 0.615. The third-order valence-electron chi connectivity index (χ3n) is 7.21. The summed E-state index contributed by atoms with van der Waals surface area (Å²) in [5.41, 5.74) is -0.0742. The second-order valence-electron chi connectivity index (χ2n) is 9.46. The minimum absolute atomic E-state index is 0.107. The normalized spacial score (nSPS) is 20.7. The number of rotatable bonds is 10. The highest BCUT2D eigenvalue weighted by Gasteiger charge is 2.47. The molecule has 2 atom stereocenters. The van der Waals surface area contributed by atoms with Crippen LogP contribution in [0.1, 0.15) is 62.6 Å². The summed E-state index contributed by atoms with van der Waals surface area (Å²) in [6, 6.07) is 11.2. The Morgan fingerprint density at radius 2 is 1.88 bits per heavy atom. The van der Waals surface area contributed by atoms with E-state index in [2.05, 4.69) is 10.1 Å². The zero-order valence-electron chi connectivity index (χ0n) is 19.0. The number of hydrogen-bond donors (Lipinski definition) is 1. The number of aromatic nitrogens is 1. The van der Waals surface area contributed by atoms with Crippen LogP contribution in [0.25, 0.3) is 0 Å². The maximum absolute atomic E-state index is 13.4. The Hall–Kier alpha value is -2.18. The van der Waals surface area contributed by atoms with Gasteiger partial charge in [-0.3, -0.25) is 0 Å². The van der Waals surface area contributed by atoms with Gasteiger partial charge in [-0.15, -0.1) is 0 Å². The molecule has 1 aliphatic carbocycles. The van der Waals surface area contributed by atoms with E-state index >= 15 is 0 Å². The lowest BCUT2D eigenvalue weighted by Crippen LogP contribution is -2.45. The molecule has 2 fully saturated rings. The number of esters is 1. The summed E-state index contributed by atoms with van der Waals surface area (Å²) < 4.78 is 10.9. The van der Waals surface area contributed by atoms with Gasteiger partial charge in [0.25, 0.3) is 0 Å². The zero-order valence-corrected chi connectivity index (χ0v) is 19.0. The van der Waals surface area contributed by atoms with Gasteiger partial charge in [0, 0.05) is 12.0 Å². The average molecular weight is 441 g/mol. The van der Waals surface area contributed by atoms with Crippen molar-refractivity contribution in [3.05, 3.63) is 53.9 Å². The molecule has 6 nitrogen and oxygen atoms in total. The van der Waals surface area contributed by atoms with E-state index in [0.29, 0.717) is 12.0 Å². The molecule has 1 aliphatic heterocycles. The number of carbonyl (C=O) groups excluding carboxylic acids is 1. The SMILES string of the molecule is O=C(OC[C@H](CCN1CCCC1)Cc1ccon1)C(O)(c1ccccc1)C1CCCCC1. The standard InChI is InChI=1S/C26H36N2O4/c29-25(26(30,22-9-3-1-4-10-22)23-11-5-2-6-12-23)31-20-21(19-24-14-18-32-27-24)13-17-28-15-7-8-16-28/h1,3-4,9-10,14,18,21,23,30H,2,5-8,11-13,15-17,19-20H2/t21-,26?/m1/s1. The van der Waals surface area contributed by atoms with Crippen LogP contribution < -0.4 is 0 Å². The van der Waals surface area contributed by atoms with Crippen LogP contribution in [-0.2, 0) is 21.6 Å². The number of likely N-dealkylation sites (tertiary alicyclic amines) is 1. The first-order chi connectivity index (χ1) is 15.7. The van der Waals surface area contributed by atoms with Gasteiger partial charge in [0.15, 0.2) is 5.60 Å². The summed E-state index contributed by atoms with van der Waals surface area (Å²) in [7, 11) is 0. The number of aliphatic hydroxyl groups is 1. The van der Waals surface area contributed by atoms with Crippen molar-refractivity contribution >= 4 is 5.97 Å². The highest BCUT2D eigenvalue weighted by molar-refractivity contribution is 5.81. The summed E-state index contributed by atoms with van der Waals surface area (Å²) >= 11 is 0. The molecule has 0 radical (unpaired) electrons. The van der Waals surface area contributed by atoms with Crippen LogP contribution in [-0.4, -0.2) is 47.4 Å². The molecule has 6 heteroatoms. The van der Waals surface area contributed by atoms with Gasteiger partial charge < -0.3 is 19.3 Å². The van der Waals surface area contributed by atoms with Gasteiger partial charge in [0.2, 0.25) is 0 Å². The number of nitrogens with zero attached hydrogens (tertiary/aromatic N) is 2. The zero-order chi connectivity index (χ0) is 22.2. The van der Waals surface area contributed by atoms with Crippen LogP contribution >= 0.6 is 0 Å². The minimum Gasteiger partial charge on any atom is -0.463 e. The van der Waals surface area contributed by atoms with Crippen LogP contribution in [0.3, 0.4) is 0 Å². The molecule has 2 aliphatic rings. The van der Waals surface area contributed by atoms with E-state index in [0.717, 1.165) is 63.9 Å². The second kappa shape index (κ2) is 11.1. The molecule has 2 aromatic rings. The van der Waals surface area contributed by atoms with E-state index < -0.39 is 11.6 Å². The number of benzene rings is 1. The lowest BCUT2D eigenvalue weighted by Gasteiger charge is -2.37. The third-order valence-corrected chi connectivity index (χ3v) is 7.21. The molecule has 1 saturated carbocycles. The van der Waals surface area contributed by atoms with Crippen molar-refractivity contribution in [1.29, 1.82) is 0 Å². The molecule has 174 valence electrons. The van der Waals surface area contributed by atoms with Gasteiger partial charge in [0.05, 0.1) is 12.3 Å². The summed E-state index contributed by atoms with van der Waals surface area (Å²) in [5, 5.41) is 15.8. The summed E-state index contributed by atoms with van der Waals surface area (Å²) in [5.74, 6) is -0.484. The molecule has 0 amide bonds. The fourth-order valence-corrected chi connectivity index (χ4v) is 5.29. The minimum atomic E-state index is -1.59. The van der Waals surface area contributed by atoms with Crippen LogP contribution in [0, 0.1) is 11.8 Å². The molecule has 1 aromatic heterocycles. The average Bonchev–Trinajstić information content (AvgIpc) is 3.55. The lowest BCUT2D eigenvalue weighted by atomic mass is 9.73. The predicted molar refractivity (Wildman–Crippen MR) is 122 cm³/mol. The van der Waals surface area contributed by atoms with Crippen molar-refractivity contribution in [2.75, 3.05) is 26.2 Å². The molecule has 1 saturated heterocycles. The van der Waals surface area contributed by atoms with Crippen LogP contribution in [0.5, 0.6) is 0 Å². The number of carbonyl (C=O) groups is 1. The molecule has 1 unspecified atom stereocenters. The molecule has 0 spiro atoms. The Morgan fingerprint density at radius 1 is 1.12 bits per heavy atom. The second-order valence-corrected chi connectivity index (χ2v) is 9.46. The van der Waals surface area contributed by atoms with Gasteiger partial charge in [-0.2, -0.15) is 0 Å². The lowest BCUT2D eigenvalue weighted by molar-refractivity contribution is -0.177. The topological polar surface area (TPSA) is 75.8 Å².